The van der Waals surface area contributed by atoms with E-state index in [9.17, 15) is 4.79 Å². The van der Waals surface area contributed by atoms with Gasteiger partial charge in [0.15, 0.2) is 6.61 Å². The highest BCUT2D eigenvalue weighted by Crippen LogP contribution is 2.27. The summed E-state index contributed by atoms with van der Waals surface area (Å²) in [4.78, 5) is 11.7. The fraction of sp³-hybridized carbons (Fsp3) is 0.500. The van der Waals surface area contributed by atoms with Gasteiger partial charge in [0.2, 0.25) is 0 Å². The zero-order valence-corrected chi connectivity index (χ0v) is 13.4. The summed E-state index contributed by atoms with van der Waals surface area (Å²) in [5, 5.41) is 2.85. The van der Waals surface area contributed by atoms with E-state index in [1.54, 1.807) is 0 Å². The minimum Gasteiger partial charge on any atom is -0.483 e. The van der Waals surface area contributed by atoms with Crippen molar-refractivity contribution in [2.75, 3.05) is 6.61 Å². The lowest BCUT2D eigenvalue weighted by molar-refractivity contribution is -0.124. The lowest BCUT2D eigenvalue weighted by Crippen LogP contribution is -2.43. The van der Waals surface area contributed by atoms with E-state index < -0.39 is 0 Å². The van der Waals surface area contributed by atoms with E-state index in [-0.39, 0.29) is 24.1 Å². The Morgan fingerprint density at radius 3 is 2.63 bits per heavy atom. The first-order valence-electron chi connectivity index (χ1n) is 6.18. The van der Waals surface area contributed by atoms with Gasteiger partial charge in [-0.25, -0.2) is 0 Å². The van der Waals surface area contributed by atoms with Crippen molar-refractivity contribution >= 4 is 21.8 Å². The Kier molecular flexibility index (Phi) is 5.38. The Bertz CT molecular complexity index is 453. The van der Waals surface area contributed by atoms with E-state index in [0.717, 1.165) is 10.0 Å². The van der Waals surface area contributed by atoms with Gasteiger partial charge in [-0.2, -0.15) is 0 Å². The SMILES string of the molecule is C[C@@H](N)c1cc(Br)ccc1OCC(=O)NC(C)(C)C. The molecule has 0 aliphatic heterocycles. The van der Waals surface area contributed by atoms with Gasteiger partial charge in [0.1, 0.15) is 5.75 Å². The molecule has 0 saturated heterocycles. The van der Waals surface area contributed by atoms with Crippen molar-refractivity contribution in [3.63, 3.8) is 0 Å². The van der Waals surface area contributed by atoms with Crippen LogP contribution in [0.5, 0.6) is 5.75 Å². The molecule has 0 spiro atoms. The second kappa shape index (κ2) is 6.39. The highest BCUT2D eigenvalue weighted by molar-refractivity contribution is 9.10. The predicted molar refractivity (Wildman–Crippen MR) is 80.1 cm³/mol. The van der Waals surface area contributed by atoms with Gasteiger partial charge in [-0.15, -0.1) is 0 Å². The lowest BCUT2D eigenvalue weighted by atomic mass is 10.1. The van der Waals surface area contributed by atoms with Gasteiger partial charge < -0.3 is 15.8 Å². The van der Waals surface area contributed by atoms with Gasteiger partial charge in [-0.1, -0.05) is 15.9 Å². The molecule has 5 heteroatoms. The highest BCUT2D eigenvalue weighted by Gasteiger charge is 2.15. The quantitative estimate of drug-likeness (QED) is 0.893. The maximum absolute atomic E-state index is 11.7. The summed E-state index contributed by atoms with van der Waals surface area (Å²) in [5.41, 5.74) is 6.50. The molecule has 0 aliphatic rings. The number of rotatable bonds is 4. The van der Waals surface area contributed by atoms with Crippen LogP contribution >= 0.6 is 15.9 Å². The summed E-state index contributed by atoms with van der Waals surface area (Å²) in [5.74, 6) is 0.494. The van der Waals surface area contributed by atoms with Crippen LogP contribution in [0.3, 0.4) is 0 Å². The van der Waals surface area contributed by atoms with Gasteiger partial charge in [-0.05, 0) is 45.9 Å². The van der Waals surface area contributed by atoms with E-state index in [0.29, 0.717) is 5.75 Å². The van der Waals surface area contributed by atoms with Crippen molar-refractivity contribution in [1.29, 1.82) is 0 Å². The molecule has 1 aromatic carbocycles. The van der Waals surface area contributed by atoms with Crippen LogP contribution in [0.25, 0.3) is 0 Å². The monoisotopic (exact) mass is 328 g/mol. The summed E-state index contributed by atoms with van der Waals surface area (Å²) in [6, 6.07) is 5.43. The molecule has 0 saturated carbocycles. The zero-order chi connectivity index (χ0) is 14.6. The number of amides is 1. The third-order valence-corrected chi connectivity index (χ3v) is 2.83. The molecule has 1 amide bonds. The fourth-order valence-corrected chi connectivity index (χ4v) is 1.98. The van der Waals surface area contributed by atoms with Crippen molar-refractivity contribution in [1.82, 2.24) is 5.32 Å². The van der Waals surface area contributed by atoms with Crippen LogP contribution in [-0.2, 0) is 4.79 Å². The summed E-state index contributed by atoms with van der Waals surface area (Å²) in [7, 11) is 0. The molecular formula is C14H21BrN2O2. The van der Waals surface area contributed by atoms with Crippen LogP contribution in [0.2, 0.25) is 0 Å². The topological polar surface area (TPSA) is 64.3 Å². The third-order valence-electron chi connectivity index (χ3n) is 2.34. The Hall–Kier alpha value is -1.07. The number of halogens is 1. The third kappa shape index (κ3) is 5.61. The van der Waals surface area contributed by atoms with Crippen LogP contribution in [-0.4, -0.2) is 18.1 Å². The van der Waals surface area contributed by atoms with E-state index >= 15 is 0 Å². The molecule has 4 nitrogen and oxygen atoms in total. The molecule has 3 N–H and O–H groups in total. The normalized spacial score (nSPS) is 12.9. The number of nitrogens with two attached hydrogens (primary N) is 1. The molecule has 0 heterocycles. The molecule has 0 bridgehead atoms. The minimum atomic E-state index is -0.260. The largest absolute Gasteiger partial charge is 0.483 e. The average Bonchev–Trinajstić information content (AvgIpc) is 2.24. The predicted octanol–water partition coefficient (Wildman–Crippen LogP) is 2.76. The minimum absolute atomic E-state index is 0.0153. The molecule has 106 valence electrons. The molecule has 0 unspecified atom stereocenters. The molecule has 19 heavy (non-hydrogen) atoms. The van der Waals surface area contributed by atoms with Crippen molar-refractivity contribution in [2.45, 2.75) is 39.3 Å². The molecule has 0 aliphatic carbocycles. The number of nitrogens with one attached hydrogen (secondary N) is 1. The van der Waals surface area contributed by atoms with Crippen LogP contribution in [0.4, 0.5) is 0 Å². The molecule has 0 radical (unpaired) electrons. The first-order valence-corrected chi connectivity index (χ1v) is 6.97. The van der Waals surface area contributed by atoms with Gasteiger partial charge in [0, 0.05) is 21.6 Å². The first-order chi connectivity index (χ1) is 8.69. The van der Waals surface area contributed by atoms with Gasteiger partial charge >= 0.3 is 0 Å². The number of carbonyl (C=O) groups excluding carboxylic acids is 1. The van der Waals surface area contributed by atoms with E-state index in [1.807, 2.05) is 45.9 Å². The van der Waals surface area contributed by atoms with Gasteiger partial charge in [0.25, 0.3) is 5.91 Å². The Morgan fingerprint density at radius 2 is 2.11 bits per heavy atom. The molecule has 0 fully saturated rings. The van der Waals surface area contributed by atoms with E-state index in [1.165, 1.54) is 0 Å². The zero-order valence-electron chi connectivity index (χ0n) is 11.8. The molecule has 1 rings (SSSR count). The Labute approximate surface area is 122 Å². The standard InChI is InChI=1S/C14H21BrN2O2/c1-9(16)11-7-10(15)5-6-12(11)19-8-13(18)17-14(2,3)4/h5-7,9H,8,16H2,1-4H3,(H,17,18)/t9-/m1/s1. The fourth-order valence-electron chi connectivity index (χ4n) is 1.60. The summed E-state index contributed by atoms with van der Waals surface area (Å²) in [6.07, 6.45) is 0. The summed E-state index contributed by atoms with van der Waals surface area (Å²) >= 11 is 3.39. The van der Waals surface area contributed by atoms with Crippen molar-refractivity contribution in [3.05, 3.63) is 28.2 Å². The summed E-state index contributed by atoms with van der Waals surface area (Å²) < 4.78 is 6.48. The van der Waals surface area contributed by atoms with Gasteiger partial charge in [-0.3, -0.25) is 4.79 Å². The second-order valence-electron chi connectivity index (χ2n) is 5.56. The van der Waals surface area contributed by atoms with Crippen molar-refractivity contribution < 1.29 is 9.53 Å². The van der Waals surface area contributed by atoms with Crippen LogP contribution in [0, 0.1) is 0 Å². The van der Waals surface area contributed by atoms with Gasteiger partial charge in [0.05, 0.1) is 0 Å². The second-order valence-corrected chi connectivity index (χ2v) is 6.47. The first kappa shape index (κ1) is 16.0. The molecule has 0 aromatic heterocycles. The smallest absolute Gasteiger partial charge is 0.258 e. The number of hydrogen-bond donors (Lipinski definition) is 2. The Morgan fingerprint density at radius 1 is 1.47 bits per heavy atom. The maximum Gasteiger partial charge on any atom is 0.258 e. The molecular weight excluding hydrogens is 308 g/mol. The van der Waals surface area contributed by atoms with E-state index in [2.05, 4.69) is 21.2 Å². The number of carbonyl (C=O) groups is 1. The summed E-state index contributed by atoms with van der Waals surface area (Å²) in [6.45, 7) is 7.65. The molecule has 1 aromatic rings. The highest BCUT2D eigenvalue weighted by atomic mass is 79.9. The van der Waals surface area contributed by atoms with Crippen LogP contribution in [0.1, 0.15) is 39.3 Å². The van der Waals surface area contributed by atoms with Crippen LogP contribution in [0.15, 0.2) is 22.7 Å². The Balaban J connectivity index is 2.70. The van der Waals surface area contributed by atoms with Crippen molar-refractivity contribution in [3.8, 4) is 5.75 Å². The van der Waals surface area contributed by atoms with Crippen LogP contribution < -0.4 is 15.8 Å². The maximum atomic E-state index is 11.7. The lowest BCUT2D eigenvalue weighted by Gasteiger charge is -2.21. The average molecular weight is 329 g/mol. The van der Waals surface area contributed by atoms with Crippen molar-refractivity contribution in [2.24, 2.45) is 5.73 Å². The van der Waals surface area contributed by atoms with E-state index in [4.69, 9.17) is 10.5 Å². The number of ether oxygens (including phenoxy) is 1. The number of hydrogen-bond acceptors (Lipinski definition) is 3. The molecule has 1 atom stereocenters. The number of benzene rings is 1.